The summed E-state index contributed by atoms with van der Waals surface area (Å²) in [4.78, 5) is 16.3. The Morgan fingerprint density at radius 2 is 1.97 bits per heavy atom. The average molecular weight is 449 g/mol. The maximum absolute atomic E-state index is 13.1. The van der Waals surface area contributed by atoms with E-state index in [9.17, 15) is 9.18 Å². The van der Waals surface area contributed by atoms with E-state index in [2.05, 4.69) is 10.3 Å². The lowest BCUT2D eigenvalue weighted by Gasteiger charge is -2.20. The predicted octanol–water partition coefficient (Wildman–Crippen LogP) is 6.37. The number of nitrogens with one attached hydrogen (secondary N) is 1. The molecule has 0 aliphatic rings. The molecule has 8 heteroatoms. The van der Waals surface area contributed by atoms with Crippen molar-refractivity contribution in [2.24, 2.45) is 0 Å². The summed E-state index contributed by atoms with van der Waals surface area (Å²) in [5.74, 6) is 0.583. The average Bonchev–Trinajstić information content (AvgIpc) is 3.10. The summed E-state index contributed by atoms with van der Waals surface area (Å²) in [6, 6.07) is 13.0. The molecule has 1 amide bonds. The number of carbonyl (C=O) groups excluding carboxylic acids is 1. The van der Waals surface area contributed by atoms with Crippen LogP contribution in [-0.4, -0.2) is 29.8 Å². The van der Waals surface area contributed by atoms with E-state index in [1.165, 1.54) is 0 Å². The number of halogens is 2. The van der Waals surface area contributed by atoms with Gasteiger partial charge in [0, 0.05) is 22.7 Å². The predicted molar refractivity (Wildman–Crippen MR) is 119 cm³/mol. The monoisotopic (exact) mass is 448 g/mol. The van der Waals surface area contributed by atoms with Crippen LogP contribution in [0.5, 0.6) is 5.75 Å². The Labute approximate surface area is 183 Å². The van der Waals surface area contributed by atoms with Gasteiger partial charge in [-0.15, -0.1) is 11.3 Å². The number of nitrogens with zero attached hydrogens (tertiary/aromatic N) is 1. The molecule has 0 unspecified atom stereocenters. The number of ether oxygens (including phenoxy) is 2. The zero-order valence-electron chi connectivity index (χ0n) is 16.9. The molecule has 0 saturated heterocycles. The molecule has 3 rings (SSSR count). The Balaban J connectivity index is 1.56. The SMILES string of the molecule is CC(C)(C)OC(=O)NCC(=CF)COc1ccc(-c2nc3ccc(Cl)cc3s2)cc1. The standard InChI is InChI=1S/C22H22ClFN2O3S/c1-22(2,3)29-21(27)25-12-14(11-24)13-28-17-7-4-15(5-8-17)20-26-18-9-6-16(23)10-19(18)30-20/h4-11H,12-13H2,1-3H3,(H,25,27). The number of fused-ring (bicyclic) bond motifs is 1. The van der Waals surface area contributed by atoms with Crippen LogP contribution in [0, 0.1) is 0 Å². The smallest absolute Gasteiger partial charge is 0.407 e. The maximum Gasteiger partial charge on any atom is 0.407 e. The third-order valence-corrected chi connectivity index (χ3v) is 5.19. The highest BCUT2D eigenvalue weighted by atomic mass is 35.5. The van der Waals surface area contributed by atoms with E-state index >= 15 is 0 Å². The summed E-state index contributed by atoms with van der Waals surface area (Å²) in [6.45, 7) is 5.28. The van der Waals surface area contributed by atoms with E-state index in [-0.39, 0.29) is 18.7 Å². The van der Waals surface area contributed by atoms with Crippen LogP contribution in [0.15, 0.2) is 54.4 Å². The van der Waals surface area contributed by atoms with Crippen molar-refractivity contribution in [3.63, 3.8) is 0 Å². The van der Waals surface area contributed by atoms with Crippen LogP contribution in [0.3, 0.4) is 0 Å². The minimum absolute atomic E-state index is 0.00222. The molecule has 2 aromatic carbocycles. The highest BCUT2D eigenvalue weighted by molar-refractivity contribution is 7.21. The number of alkyl carbamates (subject to hydrolysis) is 1. The molecular weight excluding hydrogens is 427 g/mol. The van der Waals surface area contributed by atoms with Gasteiger partial charge in [-0.3, -0.25) is 0 Å². The van der Waals surface area contributed by atoms with Crippen molar-refractivity contribution >= 4 is 39.2 Å². The molecular formula is C22H22ClFN2O3S. The molecule has 158 valence electrons. The van der Waals surface area contributed by atoms with Crippen molar-refractivity contribution in [2.45, 2.75) is 26.4 Å². The van der Waals surface area contributed by atoms with Gasteiger partial charge < -0.3 is 14.8 Å². The number of thiazole rings is 1. The van der Waals surface area contributed by atoms with Gasteiger partial charge in [-0.25, -0.2) is 14.2 Å². The van der Waals surface area contributed by atoms with Crippen LogP contribution < -0.4 is 10.1 Å². The fourth-order valence-corrected chi connectivity index (χ4v) is 3.76. The van der Waals surface area contributed by atoms with E-state index in [4.69, 9.17) is 21.1 Å². The number of hydrogen-bond donors (Lipinski definition) is 1. The Morgan fingerprint density at radius 1 is 1.23 bits per heavy atom. The second-order valence-electron chi connectivity index (χ2n) is 7.57. The molecule has 0 radical (unpaired) electrons. The molecule has 0 fully saturated rings. The molecule has 0 saturated carbocycles. The van der Waals surface area contributed by atoms with E-state index in [0.29, 0.717) is 17.1 Å². The summed E-state index contributed by atoms with van der Waals surface area (Å²) < 4.78 is 24.9. The van der Waals surface area contributed by atoms with Crippen LogP contribution >= 0.6 is 22.9 Å². The minimum Gasteiger partial charge on any atom is -0.489 e. The number of rotatable bonds is 6. The summed E-state index contributed by atoms with van der Waals surface area (Å²) >= 11 is 7.59. The lowest BCUT2D eigenvalue weighted by Crippen LogP contribution is -2.34. The van der Waals surface area contributed by atoms with Crippen molar-refractivity contribution in [1.29, 1.82) is 0 Å². The highest BCUT2D eigenvalue weighted by Gasteiger charge is 2.16. The zero-order chi connectivity index (χ0) is 21.7. The van der Waals surface area contributed by atoms with E-state index < -0.39 is 11.7 Å². The third kappa shape index (κ3) is 6.18. The normalized spacial score (nSPS) is 12.1. The first-order valence-corrected chi connectivity index (χ1v) is 10.5. The molecule has 0 aliphatic heterocycles. The van der Waals surface area contributed by atoms with Gasteiger partial charge in [0.1, 0.15) is 23.0 Å². The molecule has 3 aromatic rings. The Bertz CT molecular complexity index is 1060. The first-order chi connectivity index (χ1) is 14.2. The van der Waals surface area contributed by atoms with Crippen LogP contribution in [0.25, 0.3) is 20.8 Å². The fourth-order valence-electron chi connectivity index (χ4n) is 2.51. The molecule has 30 heavy (non-hydrogen) atoms. The molecule has 0 bridgehead atoms. The summed E-state index contributed by atoms with van der Waals surface area (Å²) in [6.07, 6.45) is -0.179. The van der Waals surface area contributed by atoms with Gasteiger partial charge in [0.05, 0.1) is 16.5 Å². The zero-order valence-corrected chi connectivity index (χ0v) is 18.4. The van der Waals surface area contributed by atoms with Crippen LogP contribution in [0.2, 0.25) is 5.02 Å². The number of carbonyl (C=O) groups is 1. The highest BCUT2D eigenvalue weighted by Crippen LogP contribution is 2.32. The van der Waals surface area contributed by atoms with Crippen molar-refractivity contribution in [1.82, 2.24) is 10.3 Å². The van der Waals surface area contributed by atoms with Gasteiger partial charge in [0.15, 0.2) is 0 Å². The molecule has 1 aromatic heterocycles. The van der Waals surface area contributed by atoms with Gasteiger partial charge in [-0.05, 0) is 63.2 Å². The largest absolute Gasteiger partial charge is 0.489 e. The quantitative estimate of drug-likeness (QED) is 0.475. The van der Waals surface area contributed by atoms with Crippen molar-refractivity contribution in [3.8, 4) is 16.3 Å². The molecule has 1 N–H and O–H groups in total. The second kappa shape index (κ2) is 9.45. The number of aromatic nitrogens is 1. The van der Waals surface area contributed by atoms with Crippen LogP contribution in [0.4, 0.5) is 9.18 Å². The van der Waals surface area contributed by atoms with Gasteiger partial charge >= 0.3 is 6.09 Å². The number of amides is 1. The van der Waals surface area contributed by atoms with Crippen molar-refractivity contribution in [3.05, 3.63) is 59.4 Å². The topological polar surface area (TPSA) is 60.5 Å². The molecule has 0 aliphatic carbocycles. The maximum atomic E-state index is 13.1. The van der Waals surface area contributed by atoms with Gasteiger partial charge in [0.2, 0.25) is 0 Å². The molecule has 0 atom stereocenters. The van der Waals surface area contributed by atoms with E-state index in [1.807, 2.05) is 30.3 Å². The second-order valence-corrected chi connectivity index (χ2v) is 9.03. The minimum atomic E-state index is -0.614. The van der Waals surface area contributed by atoms with Gasteiger partial charge in [-0.1, -0.05) is 11.6 Å². The lowest BCUT2D eigenvalue weighted by molar-refractivity contribution is 0.0531. The number of hydrogen-bond acceptors (Lipinski definition) is 5. The van der Waals surface area contributed by atoms with Gasteiger partial charge in [-0.2, -0.15) is 0 Å². The van der Waals surface area contributed by atoms with Crippen LogP contribution in [-0.2, 0) is 4.74 Å². The third-order valence-electron chi connectivity index (χ3n) is 3.89. The summed E-state index contributed by atoms with van der Waals surface area (Å²) in [5, 5.41) is 4.07. The van der Waals surface area contributed by atoms with E-state index in [0.717, 1.165) is 20.8 Å². The fraction of sp³-hybridized carbons (Fsp3) is 0.273. The molecule has 1 heterocycles. The number of benzene rings is 2. The van der Waals surface area contributed by atoms with Crippen molar-refractivity contribution in [2.75, 3.05) is 13.2 Å². The summed E-state index contributed by atoms with van der Waals surface area (Å²) in [7, 11) is 0. The Morgan fingerprint density at radius 3 is 2.63 bits per heavy atom. The van der Waals surface area contributed by atoms with Crippen LogP contribution in [0.1, 0.15) is 20.8 Å². The van der Waals surface area contributed by atoms with Crippen molar-refractivity contribution < 1.29 is 18.7 Å². The Hall–Kier alpha value is -2.64. The Kier molecular flexibility index (Phi) is 6.95. The lowest BCUT2D eigenvalue weighted by atomic mass is 10.2. The first-order valence-electron chi connectivity index (χ1n) is 9.28. The molecule has 5 nitrogen and oxygen atoms in total. The summed E-state index contributed by atoms with van der Waals surface area (Å²) in [5.41, 5.74) is 1.52. The first kappa shape index (κ1) is 22.1. The molecule has 0 spiro atoms. The van der Waals surface area contributed by atoms with Gasteiger partial charge in [0.25, 0.3) is 0 Å². The van der Waals surface area contributed by atoms with E-state index in [1.54, 1.807) is 44.2 Å².